The number of carbonyl (C=O) groups excluding carboxylic acids is 2. The average Bonchev–Trinajstić information content (AvgIpc) is 3.40. The van der Waals surface area contributed by atoms with Crippen LogP contribution in [0.4, 0.5) is 0 Å². The molecule has 148 valence electrons. The number of allylic oxidation sites excluding steroid dienone is 1. The molecule has 0 saturated carbocycles. The van der Waals surface area contributed by atoms with Crippen molar-refractivity contribution in [2.45, 2.75) is 6.92 Å². The first-order valence-electron chi connectivity index (χ1n) is 9.88. The molecule has 3 aromatic carbocycles. The summed E-state index contributed by atoms with van der Waals surface area (Å²) in [6.07, 6.45) is 1.65. The minimum atomic E-state index is -0.218. The number of Topliss-reactive ketones (excluding diaryl/α,β-unsaturated/α-hetero) is 2. The Morgan fingerprint density at radius 2 is 1.45 bits per heavy atom. The van der Waals surface area contributed by atoms with E-state index >= 15 is 0 Å². The number of rotatable bonds is 2. The van der Waals surface area contributed by atoms with Crippen molar-refractivity contribution in [2.24, 2.45) is 0 Å². The molecule has 0 fully saturated rings. The Morgan fingerprint density at radius 1 is 0.806 bits per heavy atom. The van der Waals surface area contributed by atoms with Crippen molar-refractivity contribution in [3.05, 3.63) is 94.0 Å². The summed E-state index contributed by atoms with van der Waals surface area (Å²) in [5.41, 5.74) is 3.56. The quantitative estimate of drug-likeness (QED) is 0.222. The molecule has 5 heteroatoms. The Morgan fingerprint density at radius 3 is 2.06 bits per heavy atom. The zero-order chi connectivity index (χ0) is 21.1. The molecule has 0 unspecified atom stereocenters. The van der Waals surface area contributed by atoms with Crippen LogP contribution < -0.4 is 0 Å². The van der Waals surface area contributed by atoms with Gasteiger partial charge in [-0.1, -0.05) is 54.1 Å². The normalized spacial score (nSPS) is 13.4. The fraction of sp³-hybridized carbons (Fsp3) is 0.0385. The summed E-state index contributed by atoms with van der Waals surface area (Å²) in [6, 6.07) is 22.0. The first kappa shape index (κ1) is 18.4. The molecule has 1 aliphatic rings. The van der Waals surface area contributed by atoms with Gasteiger partial charge in [0.1, 0.15) is 9.84 Å². The fourth-order valence-corrected chi connectivity index (χ4v) is 6.11. The summed E-state index contributed by atoms with van der Waals surface area (Å²) in [5, 5.41) is 2.61. The molecule has 6 rings (SSSR count). The lowest BCUT2D eigenvalue weighted by Crippen LogP contribution is -1.99. The van der Waals surface area contributed by atoms with E-state index < -0.39 is 0 Å². The molecule has 2 aromatic heterocycles. The molecule has 2 heterocycles. The Hall–Kier alpha value is -3.41. The molecular formula is C26H15NO2S2. The summed E-state index contributed by atoms with van der Waals surface area (Å²) in [4.78, 5) is 32.7. The molecule has 0 amide bonds. The van der Waals surface area contributed by atoms with Crippen LogP contribution in [0.25, 0.3) is 36.8 Å². The molecule has 0 radical (unpaired) electrons. The number of aromatic nitrogens is 1. The molecule has 0 bridgehead atoms. The summed E-state index contributed by atoms with van der Waals surface area (Å²) in [6.45, 7) is 2.07. The van der Waals surface area contributed by atoms with Crippen molar-refractivity contribution >= 4 is 60.6 Å². The van der Waals surface area contributed by atoms with E-state index in [-0.39, 0.29) is 17.1 Å². The zero-order valence-corrected chi connectivity index (χ0v) is 18.1. The van der Waals surface area contributed by atoms with Crippen molar-refractivity contribution in [3.63, 3.8) is 0 Å². The van der Waals surface area contributed by atoms with Crippen LogP contribution in [0.1, 0.15) is 31.3 Å². The minimum Gasteiger partial charge on any atom is -0.288 e. The maximum Gasteiger partial charge on any atom is 0.197 e. The maximum absolute atomic E-state index is 13.0. The fourth-order valence-electron chi connectivity index (χ4n) is 3.94. The third-order valence-electron chi connectivity index (χ3n) is 5.57. The Kier molecular flexibility index (Phi) is 4.03. The van der Waals surface area contributed by atoms with E-state index in [1.54, 1.807) is 17.4 Å². The average molecular weight is 438 g/mol. The molecule has 31 heavy (non-hydrogen) atoms. The van der Waals surface area contributed by atoms with Crippen LogP contribution in [0.2, 0.25) is 0 Å². The van der Waals surface area contributed by atoms with E-state index in [9.17, 15) is 9.59 Å². The predicted molar refractivity (Wildman–Crippen MR) is 128 cm³/mol. The molecule has 0 saturated heterocycles. The van der Waals surface area contributed by atoms with Crippen molar-refractivity contribution in [2.75, 3.05) is 0 Å². The van der Waals surface area contributed by atoms with Crippen LogP contribution in [-0.2, 0) is 0 Å². The van der Waals surface area contributed by atoms with Gasteiger partial charge in [0.25, 0.3) is 0 Å². The highest BCUT2D eigenvalue weighted by atomic mass is 32.1. The van der Waals surface area contributed by atoms with Gasteiger partial charge in [0.05, 0.1) is 10.3 Å². The first-order chi connectivity index (χ1) is 15.1. The molecule has 0 N–H and O–H groups in total. The minimum absolute atomic E-state index is 0.200. The molecule has 0 aliphatic heterocycles. The van der Waals surface area contributed by atoms with E-state index in [4.69, 9.17) is 0 Å². The highest BCUT2D eigenvalue weighted by molar-refractivity contribution is 7.29. The molecular weight excluding hydrogens is 422 g/mol. The molecule has 0 spiro atoms. The maximum atomic E-state index is 13.0. The predicted octanol–water partition coefficient (Wildman–Crippen LogP) is 6.95. The van der Waals surface area contributed by atoms with Gasteiger partial charge in [-0.25, -0.2) is 4.98 Å². The highest BCUT2D eigenvalue weighted by Crippen LogP contribution is 2.38. The second-order valence-corrected chi connectivity index (χ2v) is 9.75. The highest BCUT2D eigenvalue weighted by Gasteiger charge is 2.33. The third-order valence-corrected chi connectivity index (χ3v) is 7.73. The van der Waals surface area contributed by atoms with Crippen LogP contribution >= 0.6 is 22.7 Å². The number of aryl methyl sites for hydroxylation is 1. The summed E-state index contributed by atoms with van der Waals surface area (Å²) >= 11 is 3.13. The number of hydrogen-bond donors (Lipinski definition) is 0. The van der Waals surface area contributed by atoms with E-state index in [0.717, 1.165) is 20.3 Å². The van der Waals surface area contributed by atoms with E-state index in [2.05, 4.69) is 42.2 Å². The van der Waals surface area contributed by atoms with Gasteiger partial charge in [-0.2, -0.15) is 0 Å². The van der Waals surface area contributed by atoms with Crippen LogP contribution in [0.5, 0.6) is 0 Å². The second kappa shape index (κ2) is 6.80. The Bertz CT molecular complexity index is 1480. The van der Waals surface area contributed by atoms with Crippen LogP contribution in [0, 0.1) is 6.92 Å². The van der Waals surface area contributed by atoms with Gasteiger partial charge in [0.2, 0.25) is 0 Å². The summed E-state index contributed by atoms with van der Waals surface area (Å²) < 4.78 is 1.06. The monoisotopic (exact) mass is 437 g/mol. The molecule has 3 nitrogen and oxygen atoms in total. The number of thiazole rings is 1. The molecule has 0 atom stereocenters. The van der Waals surface area contributed by atoms with E-state index in [1.807, 2.05) is 36.4 Å². The van der Waals surface area contributed by atoms with Gasteiger partial charge in [-0.15, -0.1) is 22.7 Å². The van der Waals surface area contributed by atoms with Gasteiger partial charge < -0.3 is 0 Å². The van der Waals surface area contributed by atoms with Gasteiger partial charge in [-0.05, 0) is 47.5 Å². The Labute approximate surface area is 186 Å². The molecule has 5 aromatic rings. The number of fused-ring (bicyclic) bond motifs is 3. The number of ketones is 2. The van der Waals surface area contributed by atoms with Gasteiger partial charge in [0, 0.05) is 16.0 Å². The number of thiophene rings is 1. The topological polar surface area (TPSA) is 47.0 Å². The van der Waals surface area contributed by atoms with Crippen molar-refractivity contribution in [3.8, 4) is 10.4 Å². The first-order valence-corrected chi connectivity index (χ1v) is 11.5. The number of nitrogens with zero attached hydrogens (tertiary/aromatic N) is 1. The van der Waals surface area contributed by atoms with Crippen LogP contribution in [0.3, 0.4) is 0 Å². The van der Waals surface area contributed by atoms with Gasteiger partial charge in [0.15, 0.2) is 11.6 Å². The summed E-state index contributed by atoms with van der Waals surface area (Å²) in [7, 11) is 0. The second-order valence-electron chi connectivity index (χ2n) is 7.66. The number of hydrogen-bond acceptors (Lipinski definition) is 5. The standard InChI is InChI=1S/C26H15NO2S2/c1-14-6-8-15(9-7-14)21-13-22-26(31-21)27-23(30-22)12-20-24(28)18-10-16-4-2-3-5-17(16)11-19(18)25(20)29/h2-13H,1H3. The van der Waals surface area contributed by atoms with E-state index in [0.29, 0.717) is 16.1 Å². The van der Waals surface area contributed by atoms with Crippen molar-refractivity contribution < 1.29 is 9.59 Å². The van der Waals surface area contributed by atoms with Gasteiger partial charge >= 0.3 is 0 Å². The number of benzene rings is 3. The van der Waals surface area contributed by atoms with Crippen molar-refractivity contribution in [1.82, 2.24) is 4.98 Å². The lowest BCUT2D eigenvalue weighted by Gasteiger charge is -2.00. The smallest absolute Gasteiger partial charge is 0.197 e. The van der Waals surface area contributed by atoms with Gasteiger partial charge in [-0.3, -0.25) is 9.59 Å². The van der Waals surface area contributed by atoms with Crippen molar-refractivity contribution in [1.29, 1.82) is 0 Å². The summed E-state index contributed by atoms with van der Waals surface area (Å²) in [5.74, 6) is -0.436. The third kappa shape index (κ3) is 2.97. The number of carbonyl (C=O) groups is 2. The largest absolute Gasteiger partial charge is 0.288 e. The Balaban J connectivity index is 1.38. The van der Waals surface area contributed by atoms with E-state index in [1.165, 1.54) is 27.3 Å². The molecule has 1 aliphatic carbocycles. The van der Waals surface area contributed by atoms with Crippen LogP contribution in [-0.4, -0.2) is 16.6 Å². The van der Waals surface area contributed by atoms with Crippen LogP contribution in [0.15, 0.2) is 72.3 Å². The SMILES string of the molecule is Cc1ccc(-c2cc3sc(C=C4C(=O)c5cc6ccccc6cc5C4=O)nc3s2)cc1. The lowest BCUT2D eigenvalue weighted by molar-refractivity contribution is 0.0990. The lowest BCUT2D eigenvalue weighted by atomic mass is 10.0. The zero-order valence-electron chi connectivity index (χ0n) is 16.5.